The lowest BCUT2D eigenvalue weighted by molar-refractivity contribution is -0.169. The standard InChI is InChI=1S/C42H56N4O11/c1-6-17-28(43)37(52)46-42(7-2,40(55)57-41(3,4)5)39(54)45-29(24-47)32(48)34(50)35(51)33(49)30(25-18-11-8-12-19-25)31(44)38(53)56-36(26-20-13-9-14-21-26)27-22-15-10-16-23-27/h8-16,18-23,28-32,34-36,47-48,50-51H,6-7,17,24,43-44H2,1-5H3,(H,45,54)(H,46,52)/t28-,29-,30?,31-,32+,34+,35+,42-/m0/s1. The van der Waals surface area contributed by atoms with Crippen LogP contribution in [0.25, 0.3) is 0 Å². The van der Waals surface area contributed by atoms with Gasteiger partial charge >= 0.3 is 11.9 Å². The molecule has 0 spiro atoms. The van der Waals surface area contributed by atoms with Crippen molar-refractivity contribution in [1.29, 1.82) is 0 Å². The van der Waals surface area contributed by atoms with Crippen molar-refractivity contribution >= 4 is 29.5 Å². The first-order chi connectivity index (χ1) is 26.9. The van der Waals surface area contributed by atoms with Gasteiger partial charge in [-0.25, -0.2) is 4.79 Å². The summed E-state index contributed by atoms with van der Waals surface area (Å²) in [5.74, 6) is -7.07. The summed E-state index contributed by atoms with van der Waals surface area (Å²) in [4.78, 5) is 68.4. The Bertz CT molecular complexity index is 1740. The Morgan fingerprint density at radius 3 is 1.68 bits per heavy atom. The Balaban J connectivity index is 1.92. The number of hydrogen-bond donors (Lipinski definition) is 8. The second kappa shape index (κ2) is 20.9. The fraction of sp³-hybridized carbons (Fsp3) is 0.452. The number of carbonyl (C=O) groups excluding carboxylic acids is 5. The lowest BCUT2D eigenvalue weighted by atomic mass is 9.83. The van der Waals surface area contributed by atoms with Gasteiger partial charge in [0.25, 0.3) is 5.91 Å². The van der Waals surface area contributed by atoms with E-state index in [0.717, 1.165) is 0 Å². The van der Waals surface area contributed by atoms with Crippen molar-refractivity contribution < 1.29 is 53.9 Å². The van der Waals surface area contributed by atoms with Gasteiger partial charge in [-0.3, -0.25) is 19.2 Å². The minimum atomic E-state index is -2.44. The van der Waals surface area contributed by atoms with Gasteiger partial charge in [-0.15, -0.1) is 0 Å². The Hall–Kier alpha value is -5.03. The van der Waals surface area contributed by atoms with Crippen LogP contribution in [0.1, 0.15) is 82.6 Å². The maximum absolute atomic E-state index is 14.1. The van der Waals surface area contributed by atoms with Crippen molar-refractivity contribution in [1.82, 2.24) is 10.6 Å². The number of aliphatic hydroxyl groups is 4. The molecule has 15 nitrogen and oxygen atoms in total. The quantitative estimate of drug-likeness (QED) is 0.0594. The number of ketones is 1. The van der Waals surface area contributed by atoms with Crippen LogP contribution in [-0.2, 0) is 33.4 Å². The molecular weight excluding hydrogens is 736 g/mol. The van der Waals surface area contributed by atoms with Crippen molar-refractivity contribution in [3.8, 4) is 0 Å². The van der Waals surface area contributed by atoms with Crippen LogP contribution in [0.3, 0.4) is 0 Å². The maximum atomic E-state index is 14.1. The summed E-state index contributed by atoms with van der Waals surface area (Å²) in [5, 5.41) is 48.6. The Kier molecular flexibility index (Phi) is 17.0. The molecule has 57 heavy (non-hydrogen) atoms. The predicted molar refractivity (Wildman–Crippen MR) is 210 cm³/mol. The van der Waals surface area contributed by atoms with Crippen LogP contribution in [0.2, 0.25) is 0 Å². The summed E-state index contributed by atoms with van der Waals surface area (Å²) in [5.41, 5.74) is 10.3. The molecule has 10 N–H and O–H groups in total. The van der Waals surface area contributed by atoms with E-state index in [0.29, 0.717) is 17.5 Å². The molecule has 3 rings (SSSR count). The van der Waals surface area contributed by atoms with Crippen molar-refractivity contribution in [3.05, 3.63) is 108 Å². The van der Waals surface area contributed by atoms with Gasteiger partial charge in [0.15, 0.2) is 11.9 Å². The molecule has 0 aliphatic rings. The first-order valence-electron chi connectivity index (χ1n) is 18.8. The zero-order valence-electron chi connectivity index (χ0n) is 32.9. The van der Waals surface area contributed by atoms with E-state index in [2.05, 4.69) is 10.6 Å². The summed E-state index contributed by atoms with van der Waals surface area (Å²) in [6.45, 7) is 6.76. The van der Waals surface area contributed by atoms with Gasteiger partial charge in [0.05, 0.1) is 24.6 Å². The molecule has 3 aromatic carbocycles. The van der Waals surface area contributed by atoms with E-state index in [1.165, 1.54) is 19.1 Å². The summed E-state index contributed by atoms with van der Waals surface area (Å²) < 4.78 is 11.4. The summed E-state index contributed by atoms with van der Waals surface area (Å²) in [6.07, 6.45) is -7.64. The number of Topliss-reactive ketones (excluding diaryl/α,β-unsaturated/α-hetero) is 1. The molecule has 0 fully saturated rings. The number of carbonyl (C=O) groups is 5. The number of aliphatic hydroxyl groups excluding tert-OH is 4. The number of esters is 2. The van der Waals surface area contributed by atoms with Gasteiger partial charge < -0.3 is 52.0 Å². The van der Waals surface area contributed by atoms with E-state index < -0.39 is 95.7 Å². The second-order valence-corrected chi connectivity index (χ2v) is 14.8. The molecule has 0 aliphatic carbocycles. The highest BCUT2D eigenvalue weighted by molar-refractivity contribution is 6.10. The largest absolute Gasteiger partial charge is 0.458 e. The smallest absolute Gasteiger partial charge is 0.342 e. The van der Waals surface area contributed by atoms with E-state index in [1.807, 2.05) is 0 Å². The van der Waals surface area contributed by atoms with Gasteiger partial charge in [-0.1, -0.05) is 111 Å². The van der Waals surface area contributed by atoms with E-state index in [9.17, 15) is 44.4 Å². The van der Waals surface area contributed by atoms with Crippen LogP contribution >= 0.6 is 0 Å². The molecule has 8 atom stereocenters. The van der Waals surface area contributed by atoms with Gasteiger partial charge in [-0.2, -0.15) is 0 Å². The topological polar surface area (TPSA) is 261 Å². The minimum absolute atomic E-state index is 0.179. The van der Waals surface area contributed by atoms with E-state index in [1.54, 1.807) is 107 Å². The first-order valence-corrected chi connectivity index (χ1v) is 18.8. The third-order valence-electron chi connectivity index (χ3n) is 9.36. The molecule has 0 saturated heterocycles. The highest BCUT2D eigenvalue weighted by Gasteiger charge is 2.51. The van der Waals surface area contributed by atoms with Gasteiger partial charge in [0.2, 0.25) is 11.4 Å². The zero-order chi connectivity index (χ0) is 42.5. The van der Waals surface area contributed by atoms with Crippen molar-refractivity contribution in [2.75, 3.05) is 6.61 Å². The predicted octanol–water partition coefficient (Wildman–Crippen LogP) is 1.29. The Morgan fingerprint density at radius 2 is 1.25 bits per heavy atom. The van der Waals surface area contributed by atoms with Crippen LogP contribution in [0.15, 0.2) is 91.0 Å². The molecule has 0 saturated carbocycles. The molecule has 15 heteroatoms. The highest BCUT2D eigenvalue weighted by atomic mass is 16.6. The normalized spacial score (nSPS) is 16.4. The zero-order valence-corrected chi connectivity index (χ0v) is 32.9. The number of ether oxygens (including phenoxy) is 2. The molecule has 3 aromatic rings. The van der Waals surface area contributed by atoms with Crippen LogP contribution < -0.4 is 22.1 Å². The highest BCUT2D eigenvalue weighted by Crippen LogP contribution is 2.30. The average molecular weight is 793 g/mol. The molecule has 0 aromatic heterocycles. The third kappa shape index (κ3) is 12.0. The van der Waals surface area contributed by atoms with Crippen LogP contribution in [0.5, 0.6) is 0 Å². The minimum Gasteiger partial charge on any atom is -0.458 e. The summed E-state index contributed by atoms with van der Waals surface area (Å²) in [6, 6.07) is 20.7. The second-order valence-electron chi connectivity index (χ2n) is 14.8. The molecule has 0 heterocycles. The van der Waals surface area contributed by atoms with Crippen molar-refractivity contribution in [2.24, 2.45) is 11.5 Å². The summed E-state index contributed by atoms with van der Waals surface area (Å²) in [7, 11) is 0. The van der Waals surface area contributed by atoms with Crippen LogP contribution in [0, 0.1) is 0 Å². The van der Waals surface area contributed by atoms with Gasteiger partial charge in [0.1, 0.15) is 30.0 Å². The molecular formula is C42H56N4O11. The number of nitrogens with one attached hydrogen (secondary N) is 2. The molecule has 2 amide bonds. The molecule has 1 unspecified atom stereocenters. The SMILES string of the molecule is CCC[C@H](N)C(=O)N[C@@](CC)(C(=O)N[C@@H](CO)[C@@H](O)[C@@H](O)[C@H](O)C(=O)C(c1ccccc1)[C@H](N)C(=O)OC(c1ccccc1)c1ccccc1)C(=O)OC(C)(C)C. The van der Waals surface area contributed by atoms with Crippen LogP contribution in [-0.4, -0.2) is 104 Å². The van der Waals surface area contributed by atoms with E-state index in [-0.39, 0.29) is 18.4 Å². The molecule has 310 valence electrons. The number of amides is 2. The lowest BCUT2D eigenvalue weighted by Crippen LogP contribution is -2.69. The number of nitrogens with two attached hydrogens (primary N) is 2. The number of rotatable bonds is 20. The van der Waals surface area contributed by atoms with Gasteiger partial charge in [-0.05, 0) is 50.3 Å². The lowest BCUT2D eigenvalue weighted by Gasteiger charge is -2.36. The molecule has 0 radical (unpaired) electrons. The summed E-state index contributed by atoms with van der Waals surface area (Å²) >= 11 is 0. The molecule has 0 aliphatic heterocycles. The van der Waals surface area contributed by atoms with E-state index >= 15 is 0 Å². The average Bonchev–Trinajstić information content (AvgIpc) is 3.20. The van der Waals surface area contributed by atoms with E-state index in [4.69, 9.17) is 20.9 Å². The number of benzene rings is 3. The Labute approximate surface area is 332 Å². The Morgan fingerprint density at radius 1 is 0.754 bits per heavy atom. The number of hydrogen-bond acceptors (Lipinski definition) is 13. The monoisotopic (exact) mass is 792 g/mol. The molecule has 0 bridgehead atoms. The maximum Gasteiger partial charge on any atom is 0.342 e. The fourth-order valence-corrected chi connectivity index (χ4v) is 6.14. The van der Waals surface area contributed by atoms with Crippen molar-refractivity contribution in [3.63, 3.8) is 0 Å². The first kappa shape index (κ1) is 46.4. The van der Waals surface area contributed by atoms with Crippen molar-refractivity contribution in [2.45, 2.75) is 113 Å². The third-order valence-corrected chi connectivity index (χ3v) is 9.36. The van der Waals surface area contributed by atoms with Crippen LogP contribution in [0.4, 0.5) is 0 Å². The van der Waals surface area contributed by atoms with Gasteiger partial charge in [0, 0.05) is 0 Å². The fourth-order valence-electron chi connectivity index (χ4n) is 6.14.